The Morgan fingerprint density at radius 2 is 2.08 bits per heavy atom. The van der Waals surface area contributed by atoms with Gasteiger partial charge in [0.05, 0.1) is 6.42 Å². The van der Waals surface area contributed by atoms with Crippen molar-refractivity contribution in [1.82, 2.24) is 14.8 Å². The molecule has 2 bridgehead atoms. The molecule has 0 radical (unpaired) electrons. The fourth-order valence-electron chi connectivity index (χ4n) is 5.37. The number of fused-ring (bicyclic) bond motifs is 5. The van der Waals surface area contributed by atoms with Crippen LogP contribution in [0.5, 0.6) is 0 Å². The molecule has 3 atom stereocenters. The van der Waals surface area contributed by atoms with Crippen LogP contribution in [0.15, 0.2) is 30.5 Å². The molecule has 1 aromatic carbocycles. The Labute approximate surface area is 153 Å². The number of carbonyl (C=O) groups excluding carboxylic acids is 2. The van der Waals surface area contributed by atoms with Crippen LogP contribution in [0.25, 0.3) is 10.9 Å². The number of benzene rings is 1. The summed E-state index contributed by atoms with van der Waals surface area (Å²) in [5.74, 6) is 1.45. The SMILES string of the molecule is O=C(Cc1c[nH]c2ccccc12)N1C[C@H]2C[C@@H](C1)C1CCCC(=O)N1C2. The van der Waals surface area contributed by atoms with Crippen LogP contribution >= 0.6 is 0 Å². The minimum Gasteiger partial charge on any atom is -0.361 e. The second-order valence-corrected chi connectivity index (χ2v) is 8.20. The summed E-state index contributed by atoms with van der Waals surface area (Å²) in [6.45, 7) is 2.46. The predicted molar refractivity (Wildman–Crippen MR) is 99.5 cm³/mol. The molecule has 0 saturated carbocycles. The maximum absolute atomic E-state index is 13.0. The van der Waals surface area contributed by atoms with Crippen LogP contribution in [-0.4, -0.2) is 52.3 Å². The Bertz CT molecular complexity index is 858. The number of carbonyl (C=O) groups is 2. The zero-order chi connectivity index (χ0) is 17.7. The number of nitrogens with one attached hydrogen (secondary N) is 1. The summed E-state index contributed by atoms with van der Waals surface area (Å²) in [4.78, 5) is 32.7. The molecule has 5 heteroatoms. The second-order valence-electron chi connectivity index (χ2n) is 8.20. The van der Waals surface area contributed by atoms with E-state index in [1.807, 2.05) is 24.4 Å². The van der Waals surface area contributed by atoms with E-state index in [0.29, 0.717) is 36.6 Å². The molecule has 5 rings (SSSR count). The van der Waals surface area contributed by atoms with Crippen molar-refractivity contribution in [3.63, 3.8) is 0 Å². The lowest BCUT2D eigenvalue weighted by atomic mass is 9.76. The Balaban J connectivity index is 1.32. The molecule has 1 aromatic heterocycles. The van der Waals surface area contributed by atoms with Gasteiger partial charge in [-0.2, -0.15) is 0 Å². The topological polar surface area (TPSA) is 56.4 Å². The van der Waals surface area contributed by atoms with Gasteiger partial charge in [-0.1, -0.05) is 18.2 Å². The van der Waals surface area contributed by atoms with E-state index in [9.17, 15) is 9.59 Å². The van der Waals surface area contributed by atoms with Gasteiger partial charge in [0.2, 0.25) is 11.8 Å². The smallest absolute Gasteiger partial charge is 0.227 e. The van der Waals surface area contributed by atoms with Crippen LogP contribution in [0, 0.1) is 11.8 Å². The number of likely N-dealkylation sites (tertiary alicyclic amines) is 1. The van der Waals surface area contributed by atoms with Gasteiger partial charge in [0, 0.05) is 49.2 Å². The number of H-pyrrole nitrogens is 1. The fourth-order valence-corrected chi connectivity index (χ4v) is 5.37. The lowest BCUT2D eigenvalue weighted by Gasteiger charge is -2.52. The Kier molecular flexibility index (Phi) is 3.76. The highest BCUT2D eigenvalue weighted by atomic mass is 16.2. The number of para-hydroxylation sites is 1. The maximum atomic E-state index is 13.0. The molecule has 1 N–H and O–H groups in total. The molecule has 26 heavy (non-hydrogen) atoms. The number of piperidine rings is 3. The van der Waals surface area contributed by atoms with Crippen molar-refractivity contribution in [3.8, 4) is 0 Å². The van der Waals surface area contributed by atoms with Gasteiger partial charge in [0.1, 0.15) is 0 Å². The van der Waals surface area contributed by atoms with Crippen LogP contribution in [0.4, 0.5) is 0 Å². The quantitative estimate of drug-likeness (QED) is 0.904. The highest BCUT2D eigenvalue weighted by Gasteiger charge is 2.44. The Morgan fingerprint density at radius 1 is 1.19 bits per heavy atom. The molecule has 5 nitrogen and oxygen atoms in total. The summed E-state index contributed by atoms with van der Waals surface area (Å²) in [6.07, 6.45) is 6.41. The van der Waals surface area contributed by atoms with Crippen molar-refractivity contribution in [2.45, 2.75) is 38.1 Å². The van der Waals surface area contributed by atoms with Crippen LogP contribution in [0.1, 0.15) is 31.2 Å². The third-order valence-corrected chi connectivity index (χ3v) is 6.55. The minimum atomic E-state index is 0.222. The summed E-state index contributed by atoms with van der Waals surface area (Å²) >= 11 is 0. The van der Waals surface area contributed by atoms with Crippen molar-refractivity contribution in [1.29, 1.82) is 0 Å². The van der Waals surface area contributed by atoms with Crippen molar-refractivity contribution in [2.24, 2.45) is 11.8 Å². The van der Waals surface area contributed by atoms with E-state index < -0.39 is 0 Å². The molecule has 3 saturated heterocycles. The first-order valence-corrected chi connectivity index (χ1v) is 9.81. The lowest BCUT2D eigenvalue weighted by molar-refractivity contribution is -0.148. The highest BCUT2D eigenvalue weighted by Crippen LogP contribution is 2.38. The van der Waals surface area contributed by atoms with E-state index in [0.717, 1.165) is 48.9 Å². The Morgan fingerprint density at radius 3 is 3.00 bits per heavy atom. The first-order valence-electron chi connectivity index (χ1n) is 9.81. The summed E-state index contributed by atoms with van der Waals surface area (Å²) < 4.78 is 0. The van der Waals surface area contributed by atoms with E-state index >= 15 is 0 Å². The summed E-state index contributed by atoms with van der Waals surface area (Å²) in [6, 6.07) is 8.50. The van der Waals surface area contributed by atoms with E-state index in [4.69, 9.17) is 0 Å². The standard InChI is InChI=1S/C21H25N3O2/c25-20-7-3-6-19-16-8-14(12-24(19)20)11-23(13-16)21(26)9-15-10-22-18-5-2-1-4-17(15)18/h1-2,4-5,10,14,16,19,22H,3,6-9,11-13H2/t14-,16+,19?/m1/s1. The summed E-state index contributed by atoms with van der Waals surface area (Å²) in [5.41, 5.74) is 2.16. The van der Waals surface area contributed by atoms with Crippen molar-refractivity contribution in [2.75, 3.05) is 19.6 Å². The number of hydrogen-bond donors (Lipinski definition) is 1. The van der Waals surface area contributed by atoms with Gasteiger partial charge < -0.3 is 14.8 Å². The number of hydrogen-bond acceptors (Lipinski definition) is 2. The molecular formula is C21H25N3O2. The normalized spacial score (nSPS) is 28.3. The number of rotatable bonds is 2. The van der Waals surface area contributed by atoms with E-state index in [1.165, 1.54) is 6.42 Å². The number of aromatic nitrogens is 1. The molecule has 3 fully saturated rings. The van der Waals surface area contributed by atoms with Gasteiger partial charge in [-0.3, -0.25) is 9.59 Å². The van der Waals surface area contributed by atoms with Gasteiger partial charge in [0.25, 0.3) is 0 Å². The van der Waals surface area contributed by atoms with Gasteiger partial charge in [-0.15, -0.1) is 0 Å². The zero-order valence-corrected chi connectivity index (χ0v) is 15.0. The fraction of sp³-hybridized carbons (Fsp3) is 0.524. The van der Waals surface area contributed by atoms with Gasteiger partial charge in [-0.25, -0.2) is 0 Å². The van der Waals surface area contributed by atoms with Gasteiger partial charge in [0.15, 0.2) is 0 Å². The largest absolute Gasteiger partial charge is 0.361 e. The van der Waals surface area contributed by atoms with Crippen LogP contribution < -0.4 is 0 Å². The first-order chi connectivity index (χ1) is 12.7. The lowest BCUT2D eigenvalue weighted by Crippen LogP contribution is -2.61. The van der Waals surface area contributed by atoms with Crippen LogP contribution in [-0.2, 0) is 16.0 Å². The number of aromatic amines is 1. The summed E-state index contributed by atoms with van der Waals surface area (Å²) in [5, 5.41) is 1.14. The molecular weight excluding hydrogens is 326 g/mol. The zero-order valence-electron chi connectivity index (χ0n) is 15.0. The number of nitrogens with zero attached hydrogens (tertiary/aromatic N) is 2. The van der Waals surface area contributed by atoms with E-state index in [2.05, 4.69) is 20.9 Å². The average molecular weight is 351 g/mol. The molecule has 136 valence electrons. The maximum Gasteiger partial charge on any atom is 0.227 e. The monoisotopic (exact) mass is 351 g/mol. The van der Waals surface area contributed by atoms with Crippen LogP contribution in [0.3, 0.4) is 0 Å². The molecule has 3 aliphatic heterocycles. The highest BCUT2D eigenvalue weighted by molar-refractivity contribution is 5.89. The molecule has 0 aliphatic carbocycles. The first kappa shape index (κ1) is 15.9. The second kappa shape index (κ2) is 6.15. The van der Waals surface area contributed by atoms with Crippen molar-refractivity contribution < 1.29 is 9.59 Å². The Hall–Kier alpha value is -2.30. The van der Waals surface area contributed by atoms with Crippen LogP contribution in [0.2, 0.25) is 0 Å². The van der Waals surface area contributed by atoms with E-state index in [1.54, 1.807) is 0 Å². The van der Waals surface area contributed by atoms with Gasteiger partial charge in [-0.05, 0) is 42.7 Å². The van der Waals surface area contributed by atoms with Crippen molar-refractivity contribution in [3.05, 3.63) is 36.0 Å². The molecule has 2 amide bonds. The number of amides is 2. The molecule has 3 aliphatic rings. The predicted octanol–water partition coefficient (Wildman–Crippen LogP) is 2.57. The molecule has 2 aromatic rings. The molecule has 1 unspecified atom stereocenters. The third-order valence-electron chi connectivity index (χ3n) is 6.55. The van der Waals surface area contributed by atoms with E-state index in [-0.39, 0.29) is 5.91 Å². The molecule has 0 spiro atoms. The average Bonchev–Trinajstić information content (AvgIpc) is 3.05. The summed E-state index contributed by atoms with van der Waals surface area (Å²) in [7, 11) is 0. The third kappa shape index (κ3) is 2.61. The molecule has 4 heterocycles. The minimum absolute atomic E-state index is 0.222. The van der Waals surface area contributed by atoms with Gasteiger partial charge >= 0.3 is 0 Å². The van der Waals surface area contributed by atoms with Crippen molar-refractivity contribution >= 4 is 22.7 Å².